The molecule has 0 radical (unpaired) electrons. The van der Waals surface area contributed by atoms with Gasteiger partial charge in [0.05, 0.1) is 19.7 Å². The topological polar surface area (TPSA) is 95.9 Å². The highest BCUT2D eigenvalue weighted by Crippen LogP contribution is 2.38. The van der Waals surface area contributed by atoms with Gasteiger partial charge in [-0.2, -0.15) is 0 Å². The molecule has 2 aliphatic heterocycles. The van der Waals surface area contributed by atoms with E-state index in [1.54, 1.807) is 4.90 Å². The lowest BCUT2D eigenvalue weighted by Gasteiger charge is -2.40. The summed E-state index contributed by atoms with van der Waals surface area (Å²) in [6.45, 7) is 2.69. The zero-order valence-corrected chi connectivity index (χ0v) is 18.8. The number of nitrogens with zero attached hydrogens (tertiary/aromatic N) is 2. The van der Waals surface area contributed by atoms with Gasteiger partial charge in [-0.1, -0.05) is 6.07 Å². The molecule has 1 aromatic rings. The number of carboxylic acids is 1. The molecular formula is C24H34N3O5+. The Hall–Kier alpha value is -2.45. The summed E-state index contributed by atoms with van der Waals surface area (Å²) in [5.41, 5.74) is 3.42. The molecule has 1 saturated heterocycles. The molecule has 2 fully saturated rings. The predicted molar refractivity (Wildman–Crippen MR) is 119 cm³/mol. The average molecular weight is 445 g/mol. The SMILES string of the molecule is COC(=O)CCC1CCC([N+]2(CC(=O)O)CCN(c3ccc4c(c3)CCNC4)C2=O)CC1. The van der Waals surface area contributed by atoms with Crippen LogP contribution >= 0.6 is 0 Å². The Morgan fingerprint density at radius 3 is 2.72 bits per heavy atom. The zero-order chi connectivity index (χ0) is 22.7. The minimum Gasteiger partial charge on any atom is -0.477 e. The van der Waals surface area contributed by atoms with Gasteiger partial charge in [-0.05, 0) is 61.4 Å². The lowest BCUT2D eigenvalue weighted by atomic mass is 9.82. The minimum atomic E-state index is -0.926. The standard InChI is InChI=1S/C24H33N3O5/c1-32-23(30)9-4-17-2-7-21(8-3-17)27(16-22(28)29)13-12-26(24(27)31)20-6-5-19-15-25-11-10-18(19)14-20/h5-6,14,17,21,25H,2-4,7-13,15-16H2,1H3/p+1. The molecule has 8 heteroatoms. The van der Waals surface area contributed by atoms with Crippen LogP contribution < -0.4 is 10.2 Å². The molecule has 1 atom stereocenters. The van der Waals surface area contributed by atoms with Crippen LogP contribution in [0.2, 0.25) is 0 Å². The highest BCUT2D eigenvalue weighted by molar-refractivity contribution is 5.90. The number of carbonyl (C=O) groups excluding carboxylic acids is 2. The van der Waals surface area contributed by atoms with Gasteiger partial charge in [0.2, 0.25) is 0 Å². The number of carboxylic acid groups (broad SMARTS) is 1. The maximum absolute atomic E-state index is 13.7. The van der Waals surface area contributed by atoms with Crippen LogP contribution in [0.5, 0.6) is 0 Å². The van der Waals surface area contributed by atoms with Gasteiger partial charge in [-0.3, -0.25) is 9.69 Å². The lowest BCUT2D eigenvalue weighted by molar-refractivity contribution is -0.861. The predicted octanol–water partition coefficient (Wildman–Crippen LogP) is 2.69. The Bertz CT molecular complexity index is 880. The lowest BCUT2D eigenvalue weighted by Crippen LogP contribution is -2.60. The van der Waals surface area contributed by atoms with Crippen LogP contribution in [0.25, 0.3) is 0 Å². The van der Waals surface area contributed by atoms with Crippen molar-refractivity contribution in [3.63, 3.8) is 0 Å². The molecule has 0 spiro atoms. The number of nitrogens with one attached hydrogen (secondary N) is 1. The number of benzene rings is 1. The number of rotatable bonds is 7. The number of methoxy groups -OCH3 is 1. The average Bonchev–Trinajstić information content (AvgIpc) is 3.13. The van der Waals surface area contributed by atoms with Crippen LogP contribution in [0.15, 0.2) is 18.2 Å². The van der Waals surface area contributed by atoms with Crippen molar-refractivity contribution in [3.8, 4) is 0 Å². The normalized spacial score (nSPS) is 27.8. The first-order valence-corrected chi connectivity index (χ1v) is 11.7. The van der Waals surface area contributed by atoms with Gasteiger partial charge in [0, 0.05) is 31.5 Å². The van der Waals surface area contributed by atoms with Crippen molar-refractivity contribution in [2.75, 3.05) is 38.2 Å². The van der Waals surface area contributed by atoms with E-state index in [0.29, 0.717) is 25.4 Å². The number of fused-ring (bicyclic) bond motifs is 1. The smallest absolute Gasteiger partial charge is 0.424 e. The molecule has 1 aliphatic carbocycles. The van der Waals surface area contributed by atoms with Gasteiger partial charge in [0.15, 0.2) is 6.54 Å². The third-order valence-electron chi connectivity index (χ3n) is 7.64. The van der Waals surface area contributed by atoms with Crippen LogP contribution in [-0.4, -0.2) is 66.9 Å². The van der Waals surface area contributed by atoms with E-state index < -0.39 is 5.97 Å². The summed E-state index contributed by atoms with van der Waals surface area (Å²) in [5, 5.41) is 13.0. The van der Waals surface area contributed by atoms with Crippen molar-refractivity contribution in [2.45, 2.75) is 57.5 Å². The van der Waals surface area contributed by atoms with Crippen molar-refractivity contribution >= 4 is 23.7 Å². The van der Waals surface area contributed by atoms with Gasteiger partial charge in [-0.15, -0.1) is 0 Å². The number of anilines is 1. The van der Waals surface area contributed by atoms with E-state index in [-0.39, 0.29) is 29.1 Å². The minimum absolute atomic E-state index is 0.0116. The Kier molecular flexibility index (Phi) is 6.81. The fourth-order valence-electron chi connectivity index (χ4n) is 5.79. The van der Waals surface area contributed by atoms with Crippen LogP contribution in [0.3, 0.4) is 0 Å². The van der Waals surface area contributed by atoms with Crippen LogP contribution in [0, 0.1) is 5.92 Å². The number of hydrogen-bond acceptors (Lipinski definition) is 5. The first-order chi connectivity index (χ1) is 15.4. The van der Waals surface area contributed by atoms with Gasteiger partial charge < -0.3 is 15.2 Å². The van der Waals surface area contributed by atoms with E-state index in [4.69, 9.17) is 4.74 Å². The number of esters is 1. The van der Waals surface area contributed by atoms with Crippen LogP contribution in [-0.2, 0) is 27.3 Å². The van der Waals surface area contributed by atoms with Gasteiger partial charge in [-0.25, -0.2) is 14.1 Å². The third-order valence-corrected chi connectivity index (χ3v) is 7.64. The van der Waals surface area contributed by atoms with Gasteiger partial charge >= 0.3 is 18.0 Å². The Labute approximate surface area is 189 Å². The quantitative estimate of drug-likeness (QED) is 0.496. The number of aliphatic carboxylic acids is 1. The molecule has 3 aliphatic rings. The van der Waals surface area contributed by atoms with E-state index in [2.05, 4.69) is 17.4 Å². The summed E-state index contributed by atoms with van der Waals surface area (Å²) < 4.78 is 4.76. The fourth-order valence-corrected chi connectivity index (χ4v) is 5.79. The van der Waals surface area contributed by atoms with Gasteiger partial charge in [0.25, 0.3) is 0 Å². The van der Waals surface area contributed by atoms with Crippen molar-refractivity contribution in [2.24, 2.45) is 5.92 Å². The molecule has 174 valence electrons. The third kappa shape index (κ3) is 4.52. The number of hydrogen-bond donors (Lipinski definition) is 2. The summed E-state index contributed by atoms with van der Waals surface area (Å²) >= 11 is 0. The van der Waals surface area contributed by atoms with Gasteiger partial charge in [0.1, 0.15) is 6.54 Å². The van der Waals surface area contributed by atoms with Crippen LogP contribution in [0.1, 0.15) is 49.7 Å². The molecule has 4 rings (SSSR count). The second-order valence-electron chi connectivity index (χ2n) is 9.41. The molecule has 1 unspecified atom stereocenters. The molecule has 0 bridgehead atoms. The highest BCUT2D eigenvalue weighted by atomic mass is 16.5. The molecule has 32 heavy (non-hydrogen) atoms. The fraction of sp³-hybridized carbons (Fsp3) is 0.625. The number of urea groups is 1. The van der Waals surface area contributed by atoms with E-state index in [1.807, 2.05) is 6.07 Å². The van der Waals surface area contributed by atoms with Crippen molar-refractivity contribution < 1.29 is 28.7 Å². The maximum atomic E-state index is 13.7. The number of quaternary nitrogens is 1. The summed E-state index contributed by atoms with van der Waals surface area (Å²) in [7, 11) is 1.41. The van der Waals surface area contributed by atoms with Crippen molar-refractivity contribution in [1.82, 2.24) is 5.32 Å². The molecule has 1 saturated carbocycles. The van der Waals surface area contributed by atoms with Crippen molar-refractivity contribution in [1.29, 1.82) is 0 Å². The van der Waals surface area contributed by atoms with Crippen LogP contribution in [0.4, 0.5) is 10.5 Å². The van der Waals surface area contributed by atoms with E-state index in [9.17, 15) is 19.5 Å². The molecule has 2 amide bonds. The first kappa shape index (κ1) is 22.7. The number of amides is 2. The largest absolute Gasteiger partial charge is 0.477 e. The monoisotopic (exact) mass is 444 g/mol. The summed E-state index contributed by atoms with van der Waals surface area (Å²) in [4.78, 5) is 38.8. The second-order valence-corrected chi connectivity index (χ2v) is 9.41. The highest BCUT2D eigenvalue weighted by Gasteiger charge is 2.54. The number of ether oxygens (including phenoxy) is 1. The molecule has 1 aromatic carbocycles. The summed E-state index contributed by atoms with van der Waals surface area (Å²) in [6.07, 6.45) is 5.61. The summed E-state index contributed by atoms with van der Waals surface area (Å²) in [6, 6.07) is 6.12. The number of carbonyl (C=O) groups is 3. The second kappa shape index (κ2) is 9.58. The van der Waals surface area contributed by atoms with E-state index in [0.717, 1.165) is 57.3 Å². The Morgan fingerprint density at radius 2 is 2.00 bits per heavy atom. The molecule has 0 aromatic heterocycles. The molecule has 8 nitrogen and oxygen atoms in total. The summed E-state index contributed by atoms with van der Waals surface area (Å²) in [5.74, 6) is -0.685. The van der Waals surface area contributed by atoms with Crippen molar-refractivity contribution in [3.05, 3.63) is 29.3 Å². The van der Waals surface area contributed by atoms with E-state index >= 15 is 0 Å². The Morgan fingerprint density at radius 1 is 1.22 bits per heavy atom. The molecular weight excluding hydrogens is 410 g/mol. The zero-order valence-electron chi connectivity index (χ0n) is 18.8. The Balaban J connectivity index is 1.48. The molecule has 2 heterocycles. The maximum Gasteiger partial charge on any atom is 0.424 e. The molecule has 2 N–H and O–H groups in total. The first-order valence-electron chi connectivity index (χ1n) is 11.7. The van der Waals surface area contributed by atoms with E-state index in [1.165, 1.54) is 18.2 Å².